The standard InChI is InChI=1S/C18H22Cl2N2O2/c1-21(2)10-8-17(23)14(18(24)9-11-22(3)4)12-13-15(19)6-5-7-16(13)20/h5-11,14H,12H2,1-4H3. The van der Waals surface area contributed by atoms with E-state index in [0.717, 1.165) is 0 Å². The van der Waals surface area contributed by atoms with E-state index >= 15 is 0 Å². The van der Waals surface area contributed by atoms with Crippen molar-refractivity contribution < 1.29 is 9.59 Å². The quantitative estimate of drug-likeness (QED) is 0.520. The maximum absolute atomic E-state index is 12.5. The van der Waals surface area contributed by atoms with Crippen LogP contribution in [0.3, 0.4) is 0 Å². The molecule has 0 aliphatic carbocycles. The van der Waals surface area contributed by atoms with Crippen molar-refractivity contribution in [3.05, 3.63) is 58.4 Å². The van der Waals surface area contributed by atoms with Gasteiger partial charge in [-0.15, -0.1) is 0 Å². The average molecular weight is 369 g/mol. The van der Waals surface area contributed by atoms with Crippen LogP contribution >= 0.6 is 23.2 Å². The zero-order chi connectivity index (χ0) is 18.3. The maximum atomic E-state index is 12.5. The molecule has 24 heavy (non-hydrogen) atoms. The van der Waals surface area contributed by atoms with Crippen LogP contribution in [0.15, 0.2) is 42.8 Å². The Morgan fingerprint density at radius 3 is 1.75 bits per heavy atom. The summed E-state index contributed by atoms with van der Waals surface area (Å²) >= 11 is 12.4. The first-order valence-electron chi connectivity index (χ1n) is 7.42. The molecule has 1 aromatic rings. The van der Waals surface area contributed by atoms with Crippen molar-refractivity contribution in [1.29, 1.82) is 0 Å². The monoisotopic (exact) mass is 368 g/mol. The first-order chi connectivity index (χ1) is 11.2. The van der Waals surface area contributed by atoms with Gasteiger partial charge < -0.3 is 9.80 Å². The van der Waals surface area contributed by atoms with Gasteiger partial charge in [0, 0.05) is 50.6 Å². The van der Waals surface area contributed by atoms with Crippen LogP contribution in [0.5, 0.6) is 0 Å². The van der Waals surface area contributed by atoms with Crippen molar-refractivity contribution in [3.63, 3.8) is 0 Å². The van der Waals surface area contributed by atoms with Gasteiger partial charge in [0.25, 0.3) is 0 Å². The zero-order valence-corrected chi connectivity index (χ0v) is 15.8. The lowest BCUT2D eigenvalue weighted by molar-refractivity contribution is -0.127. The number of allylic oxidation sites excluding steroid dienone is 2. The van der Waals surface area contributed by atoms with E-state index in [1.54, 1.807) is 68.6 Å². The number of hydrogen-bond acceptors (Lipinski definition) is 4. The molecule has 0 aromatic heterocycles. The Morgan fingerprint density at radius 2 is 1.38 bits per heavy atom. The molecule has 0 amide bonds. The molecular formula is C18H22Cl2N2O2. The normalized spacial score (nSPS) is 12.6. The number of carbonyl (C=O) groups is 2. The Hall–Kier alpha value is -1.78. The lowest BCUT2D eigenvalue weighted by Crippen LogP contribution is -2.25. The molecule has 0 bridgehead atoms. The van der Waals surface area contributed by atoms with Crippen molar-refractivity contribution in [2.75, 3.05) is 28.2 Å². The number of halogens is 2. The third kappa shape index (κ3) is 6.38. The van der Waals surface area contributed by atoms with E-state index in [1.165, 1.54) is 12.2 Å². The van der Waals surface area contributed by atoms with Crippen molar-refractivity contribution in [1.82, 2.24) is 9.80 Å². The third-order valence-electron chi connectivity index (χ3n) is 3.23. The van der Waals surface area contributed by atoms with E-state index in [0.29, 0.717) is 15.6 Å². The summed E-state index contributed by atoms with van der Waals surface area (Å²) < 4.78 is 0. The number of hydrogen-bond donors (Lipinski definition) is 0. The van der Waals surface area contributed by atoms with Crippen LogP contribution in [0.4, 0.5) is 0 Å². The largest absolute Gasteiger partial charge is 0.383 e. The second-order valence-electron chi connectivity index (χ2n) is 5.82. The number of carbonyl (C=O) groups excluding carboxylic acids is 2. The van der Waals surface area contributed by atoms with Crippen LogP contribution in [0.2, 0.25) is 10.0 Å². The molecule has 0 spiro atoms. The minimum absolute atomic E-state index is 0.158. The van der Waals surface area contributed by atoms with E-state index in [4.69, 9.17) is 23.2 Å². The second kappa shape index (κ2) is 9.50. The van der Waals surface area contributed by atoms with E-state index in [1.807, 2.05) is 0 Å². The predicted molar refractivity (Wildman–Crippen MR) is 99.3 cm³/mol. The molecule has 0 radical (unpaired) electrons. The summed E-state index contributed by atoms with van der Waals surface area (Å²) in [6.45, 7) is 0. The molecule has 0 saturated heterocycles. The Labute approximate surface area is 153 Å². The van der Waals surface area contributed by atoms with E-state index in [2.05, 4.69) is 0 Å². The van der Waals surface area contributed by atoms with Gasteiger partial charge in [-0.1, -0.05) is 29.3 Å². The summed E-state index contributed by atoms with van der Waals surface area (Å²) in [6, 6.07) is 5.12. The molecule has 0 aliphatic heterocycles. The molecule has 0 fully saturated rings. The van der Waals surface area contributed by atoms with Crippen LogP contribution in [0, 0.1) is 5.92 Å². The molecule has 0 atom stereocenters. The molecule has 0 saturated carbocycles. The molecule has 1 aromatic carbocycles. The summed E-state index contributed by atoms with van der Waals surface area (Å²) in [6.07, 6.45) is 6.19. The second-order valence-corrected chi connectivity index (χ2v) is 6.63. The smallest absolute Gasteiger partial charge is 0.168 e. The summed E-state index contributed by atoms with van der Waals surface area (Å²) in [5.41, 5.74) is 0.601. The van der Waals surface area contributed by atoms with Crippen molar-refractivity contribution in [3.8, 4) is 0 Å². The first-order valence-corrected chi connectivity index (χ1v) is 8.17. The molecule has 0 heterocycles. The summed E-state index contributed by atoms with van der Waals surface area (Å²) in [5, 5.41) is 0.891. The average Bonchev–Trinajstić information content (AvgIpc) is 2.50. The van der Waals surface area contributed by atoms with Gasteiger partial charge in [-0.05, 0) is 36.3 Å². The van der Waals surface area contributed by atoms with Crippen LogP contribution in [-0.2, 0) is 16.0 Å². The fourth-order valence-corrected chi connectivity index (χ4v) is 2.50. The number of ketones is 2. The molecule has 1 rings (SSSR count). The SMILES string of the molecule is CN(C)C=CC(=O)C(Cc1c(Cl)cccc1Cl)C(=O)C=CN(C)C. The van der Waals surface area contributed by atoms with Gasteiger partial charge >= 0.3 is 0 Å². The summed E-state index contributed by atoms with van der Waals surface area (Å²) in [4.78, 5) is 28.5. The van der Waals surface area contributed by atoms with Gasteiger partial charge in [-0.3, -0.25) is 9.59 Å². The van der Waals surface area contributed by atoms with Crippen molar-refractivity contribution in [2.24, 2.45) is 5.92 Å². The Kier molecular flexibility index (Phi) is 8.02. The highest BCUT2D eigenvalue weighted by Crippen LogP contribution is 2.27. The van der Waals surface area contributed by atoms with Gasteiger partial charge in [0.2, 0.25) is 0 Å². The molecule has 130 valence electrons. The van der Waals surface area contributed by atoms with E-state index in [9.17, 15) is 9.59 Å². The van der Waals surface area contributed by atoms with Gasteiger partial charge in [-0.2, -0.15) is 0 Å². The lowest BCUT2D eigenvalue weighted by atomic mass is 9.91. The van der Waals surface area contributed by atoms with Crippen LogP contribution in [-0.4, -0.2) is 49.6 Å². The fourth-order valence-electron chi connectivity index (χ4n) is 1.95. The van der Waals surface area contributed by atoms with Crippen molar-refractivity contribution in [2.45, 2.75) is 6.42 Å². The van der Waals surface area contributed by atoms with Crippen molar-refractivity contribution >= 4 is 34.8 Å². The maximum Gasteiger partial charge on any atom is 0.168 e. The van der Waals surface area contributed by atoms with Crippen LogP contribution < -0.4 is 0 Å². The number of rotatable bonds is 8. The van der Waals surface area contributed by atoms with Crippen LogP contribution in [0.1, 0.15) is 5.56 Å². The van der Waals surface area contributed by atoms with E-state index in [-0.39, 0.29) is 18.0 Å². The summed E-state index contributed by atoms with van der Waals surface area (Å²) in [7, 11) is 7.21. The molecule has 6 heteroatoms. The fraction of sp³-hybridized carbons (Fsp3) is 0.333. The zero-order valence-electron chi connectivity index (χ0n) is 14.3. The molecule has 4 nitrogen and oxygen atoms in total. The Bertz CT molecular complexity index is 602. The predicted octanol–water partition coefficient (Wildman–Crippen LogP) is 3.44. The van der Waals surface area contributed by atoms with Gasteiger partial charge in [-0.25, -0.2) is 0 Å². The third-order valence-corrected chi connectivity index (χ3v) is 3.94. The molecular weight excluding hydrogens is 347 g/mol. The minimum Gasteiger partial charge on any atom is -0.383 e. The number of benzene rings is 1. The Balaban J connectivity index is 3.13. The van der Waals surface area contributed by atoms with Gasteiger partial charge in [0.1, 0.15) is 0 Å². The van der Waals surface area contributed by atoms with E-state index < -0.39 is 5.92 Å². The highest BCUT2D eigenvalue weighted by molar-refractivity contribution is 6.36. The minimum atomic E-state index is -0.866. The Morgan fingerprint density at radius 1 is 0.958 bits per heavy atom. The first kappa shape index (κ1) is 20.3. The lowest BCUT2D eigenvalue weighted by Gasteiger charge is -2.14. The topological polar surface area (TPSA) is 40.6 Å². The number of nitrogens with zero attached hydrogens (tertiary/aromatic N) is 2. The summed E-state index contributed by atoms with van der Waals surface area (Å²) in [5.74, 6) is -1.43. The van der Waals surface area contributed by atoms with Gasteiger partial charge in [0.15, 0.2) is 11.6 Å². The molecule has 0 aliphatic rings. The molecule has 0 N–H and O–H groups in total. The van der Waals surface area contributed by atoms with Gasteiger partial charge in [0.05, 0.1) is 5.92 Å². The molecule has 0 unspecified atom stereocenters. The highest BCUT2D eigenvalue weighted by atomic mass is 35.5. The van der Waals surface area contributed by atoms with Crippen LogP contribution in [0.25, 0.3) is 0 Å². The highest BCUT2D eigenvalue weighted by Gasteiger charge is 2.25.